The summed E-state index contributed by atoms with van der Waals surface area (Å²) < 4.78 is 3.68. The number of aromatic nitrogens is 5. The van der Waals surface area contributed by atoms with Crippen LogP contribution in [0.5, 0.6) is 0 Å². The molecule has 3 heterocycles. The molecule has 1 aromatic carbocycles. The molecule has 1 amide bonds. The van der Waals surface area contributed by atoms with Crippen LogP contribution < -0.4 is 5.32 Å². The summed E-state index contributed by atoms with van der Waals surface area (Å²) in [5, 5.41) is 13.2. The highest BCUT2D eigenvalue weighted by Gasteiger charge is 2.34. The summed E-state index contributed by atoms with van der Waals surface area (Å²) in [6.45, 7) is 1.95. The van der Waals surface area contributed by atoms with Crippen LogP contribution in [0, 0.1) is 6.92 Å². The largest absolute Gasteiger partial charge is 0.319 e. The van der Waals surface area contributed by atoms with Gasteiger partial charge in [0.1, 0.15) is 0 Å². The van der Waals surface area contributed by atoms with Gasteiger partial charge < -0.3 is 5.32 Å². The Bertz CT molecular complexity index is 1310. The Morgan fingerprint density at radius 3 is 2.48 bits per heavy atom. The lowest BCUT2D eigenvalue weighted by molar-refractivity contribution is 0.102. The zero-order valence-electron chi connectivity index (χ0n) is 17.7. The van der Waals surface area contributed by atoms with Gasteiger partial charge in [0.15, 0.2) is 5.65 Å². The molecule has 7 heteroatoms. The number of fused-ring (bicyclic) bond motifs is 1. The summed E-state index contributed by atoms with van der Waals surface area (Å²) in [4.78, 5) is 18.5. The highest BCUT2D eigenvalue weighted by atomic mass is 16.1. The Hall–Kier alpha value is -3.48. The second-order valence-electron chi connectivity index (χ2n) is 8.70. The Labute approximate surface area is 180 Å². The number of amides is 1. The predicted molar refractivity (Wildman–Crippen MR) is 119 cm³/mol. The van der Waals surface area contributed by atoms with E-state index in [2.05, 4.69) is 10.4 Å². The van der Waals surface area contributed by atoms with Crippen molar-refractivity contribution in [3.63, 3.8) is 0 Å². The molecule has 0 unspecified atom stereocenters. The molecule has 0 atom stereocenters. The van der Waals surface area contributed by atoms with Crippen LogP contribution in [-0.4, -0.2) is 30.5 Å². The average molecular weight is 412 g/mol. The standard InChI is InChI=1S/C24H24N6O/c1-14-20(13-25-29(14)2)27-24(31)18-12-19(15-8-9-15)26-23-21(18)22(16-10-11-16)28-30(23)17-6-4-3-5-7-17/h3-7,12-13,15-16H,8-11H2,1-2H3,(H,27,31). The maximum Gasteiger partial charge on any atom is 0.256 e. The maximum atomic E-state index is 13.5. The van der Waals surface area contributed by atoms with E-state index in [0.29, 0.717) is 17.4 Å². The van der Waals surface area contributed by atoms with Crippen molar-refractivity contribution in [2.75, 3.05) is 5.32 Å². The normalized spacial score (nSPS) is 16.1. The lowest BCUT2D eigenvalue weighted by Gasteiger charge is -2.10. The van der Waals surface area contributed by atoms with Crippen molar-refractivity contribution in [1.82, 2.24) is 24.5 Å². The molecule has 156 valence electrons. The molecular weight excluding hydrogens is 388 g/mol. The maximum absolute atomic E-state index is 13.5. The number of rotatable bonds is 5. The van der Waals surface area contributed by atoms with E-state index in [0.717, 1.165) is 65.2 Å². The van der Waals surface area contributed by atoms with E-state index in [1.807, 2.05) is 55.1 Å². The highest BCUT2D eigenvalue weighted by molar-refractivity contribution is 6.13. The fourth-order valence-corrected chi connectivity index (χ4v) is 4.13. The van der Waals surface area contributed by atoms with E-state index < -0.39 is 0 Å². The lowest BCUT2D eigenvalue weighted by atomic mass is 10.0. The molecule has 3 aromatic heterocycles. The number of pyridine rings is 1. The van der Waals surface area contributed by atoms with Crippen LogP contribution in [0.4, 0.5) is 5.69 Å². The first-order valence-electron chi connectivity index (χ1n) is 10.9. The molecule has 0 spiro atoms. The topological polar surface area (TPSA) is 77.6 Å². The fraction of sp³-hybridized carbons (Fsp3) is 0.333. The van der Waals surface area contributed by atoms with Gasteiger partial charge in [-0.05, 0) is 50.8 Å². The van der Waals surface area contributed by atoms with E-state index >= 15 is 0 Å². The molecule has 4 aromatic rings. The van der Waals surface area contributed by atoms with Crippen LogP contribution in [0.1, 0.15) is 65.0 Å². The molecule has 2 aliphatic rings. The van der Waals surface area contributed by atoms with Crippen molar-refractivity contribution in [2.24, 2.45) is 7.05 Å². The summed E-state index contributed by atoms with van der Waals surface area (Å²) in [6.07, 6.45) is 6.15. The second kappa shape index (κ2) is 6.77. The molecule has 2 fully saturated rings. The molecule has 6 rings (SSSR count). The zero-order valence-corrected chi connectivity index (χ0v) is 17.7. The van der Waals surface area contributed by atoms with E-state index in [9.17, 15) is 4.79 Å². The monoisotopic (exact) mass is 412 g/mol. The van der Waals surface area contributed by atoms with Crippen LogP contribution in [0.2, 0.25) is 0 Å². The third-order valence-corrected chi connectivity index (χ3v) is 6.37. The number of anilines is 1. The molecule has 0 radical (unpaired) electrons. The fourth-order valence-electron chi connectivity index (χ4n) is 4.13. The van der Waals surface area contributed by atoms with Crippen molar-refractivity contribution in [2.45, 2.75) is 44.4 Å². The summed E-state index contributed by atoms with van der Waals surface area (Å²) >= 11 is 0. The number of para-hydroxylation sites is 1. The van der Waals surface area contributed by atoms with Crippen LogP contribution in [-0.2, 0) is 7.05 Å². The zero-order chi connectivity index (χ0) is 21.1. The number of carbonyl (C=O) groups is 1. The van der Waals surface area contributed by atoms with Crippen LogP contribution >= 0.6 is 0 Å². The molecule has 2 saturated carbocycles. The molecular formula is C24H24N6O. The van der Waals surface area contributed by atoms with Gasteiger partial charge in [-0.2, -0.15) is 10.2 Å². The average Bonchev–Trinajstić information content (AvgIpc) is 3.72. The molecule has 2 aliphatic carbocycles. The van der Waals surface area contributed by atoms with Crippen molar-refractivity contribution in [3.05, 3.63) is 65.2 Å². The molecule has 0 aliphatic heterocycles. The van der Waals surface area contributed by atoms with Crippen LogP contribution in [0.25, 0.3) is 16.7 Å². The van der Waals surface area contributed by atoms with E-state index in [1.165, 1.54) is 0 Å². The van der Waals surface area contributed by atoms with Gasteiger partial charge in [-0.15, -0.1) is 0 Å². The summed E-state index contributed by atoms with van der Waals surface area (Å²) in [5.41, 5.74) is 6.04. The number of aryl methyl sites for hydroxylation is 1. The molecule has 31 heavy (non-hydrogen) atoms. The highest BCUT2D eigenvalue weighted by Crippen LogP contribution is 2.45. The first kappa shape index (κ1) is 18.3. The number of nitrogens with zero attached hydrogens (tertiary/aromatic N) is 5. The van der Waals surface area contributed by atoms with E-state index in [1.54, 1.807) is 10.9 Å². The third kappa shape index (κ3) is 3.12. The van der Waals surface area contributed by atoms with Gasteiger partial charge in [0.05, 0.1) is 39.9 Å². The van der Waals surface area contributed by atoms with Crippen molar-refractivity contribution in [1.29, 1.82) is 0 Å². The van der Waals surface area contributed by atoms with Gasteiger partial charge in [-0.1, -0.05) is 18.2 Å². The van der Waals surface area contributed by atoms with Gasteiger partial charge in [-0.25, -0.2) is 9.67 Å². The number of carbonyl (C=O) groups excluding carboxylic acids is 1. The molecule has 0 bridgehead atoms. The number of hydrogen-bond acceptors (Lipinski definition) is 4. The third-order valence-electron chi connectivity index (χ3n) is 6.37. The first-order valence-corrected chi connectivity index (χ1v) is 10.9. The minimum atomic E-state index is -0.125. The molecule has 7 nitrogen and oxygen atoms in total. The van der Waals surface area contributed by atoms with Crippen molar-refractivity contribution < 1.29 is 4.79 Å². The smallest absolute Gasteiger partial charge is 0.256 e. The van der Waals surface area contributed by atoms with Gasteiger partial charge in [0, 0.05) is 24.6 Å². The Morgan fingerprint density at radius 2 is 1.84 bits per heavy atom. The Kier molecular flexibility index (Phi) is 4.00. The van der Waals surface area contributed by atoms with Crippen LogP contribution in [0.15, 0.2) is 42.6 Å². The number of benzene rings is 1. The minimum Gasteiger partial charge on any atom is -0.319 e. The quantitative estimate of drug-likeness (QED) is 0.525. The van der Waals surface area contributed by atoms with Gasteiger partial charge in [0.2, 0.25) is 0 Å². The summed E-state index contributed by atoms with van der Waals surface area (Å²) in [6, 6.07) is 12.1. The lowest BCUT2D eigenvalue weighted by Crippen LogP contribution is -2.14. The Balaban J connectivity index is 1.55. The molecule has 1 N–H and O–H groups in total. The SMILES string of the molecule is Cc1c(NC(=O)c2cc(C3CC3)nc3c2c(C2CC2)nn3-c2ccccc2)cnn1C. The second-order valence-corrected chi connectivity index (χ2v) is 8.70. The van der Waals surface area contributed by atoms with Crippen molar-refractivity contribution in [3.8, 4) is 5.69 Å². The van der Waals surface area contributed by atoms with E-state index in [-0.39, 0.29) is 5.91 Å². The van der Waals surface area contributed by atoms with Crippen molar-refractivity contribution >= 4 is 22.6 Å². The summed E-state index contributed by atoms with van der Waals surface area (Å²) in [5.74, 6) is 0.701. The Morgan fingerprint density at radius 1 is 1.10 bits per heavy atom. The summed E-state index contributed by atoms with van der Waals surface area (Å²) in [7, 11) is 1.87. The van der Waals surface area contributed by atoms with Gasteiger partial charge in [-0.3, -0.25) is 9.48 Å². The predicted octanol–water partition coefficient (Wildman–Crippen LogP) is 4.47. The molecule has 0 saturated heterocycles. The van der Waals surface area contributed by atoms with Gasteiger partial charge in [0.25, 0.3) is 5.91 Å². The van der Waals surface area contributed by atoms with Gasteiger partial charge >= 0.3 is 0 Å². The minimum absolute atomic E-state index is 0.125. The number of hydrogen-bond donors (Lipinski definition) is 1. The number of nitrogens with one attached hydrogen (secondary N) is 1. The van der Waals surface area contributed by atoms with E-state index in [4.69, 9.17) is 10.1 Å². The first-order chi connectivity index (χ1) is 15.1. The van der Waals surface area contributed by atoms with Crippen LogP contribution in [0.3, 0.4) is 0 Å².